The molecule has 0 unspecified atom stereocenters. The molecule has 19 heavy (non-hydrogen) atoms. The maximum Gasteiger partial charge on any atom is 0.0968 e. The third-order valence-electron chi connectivity index (χ3n) is 3.48. The molecule has 0 fully saturated rings. The second-order valence-electron chi connectivity index (χ2n) is 5.23. The molecule has 0 saturated heterocycles. The summed E-state index contributed by atoms with van der Waals surface area (Å²) in [6.45, 7) is 10.4. The van der Waals surface area contributed by atoms with Crippen LogP contribution in [0.15, 0.2) is 24.3 Å². The standard InChI is InChI=1S/C16H23N3/c1-5-17-10-15-12(4)18-19-16(15)14-8-6-13(7-9-14)11(2)3/h6-9,11,17H,5,10H2,1-4H3,(H,18,19). The summed E-state index contributed by atoms with van der Waals surface area (Å²) in [5.74, 6) is 0.566. The minimum absolute atomic E-state index is 0.566. The lowest BCUT2D eigenvalue weighted by atomic mass is 9.99. The van der Waals surface area contributed by atoms with Gasteiger partial charge in [-0.3, -0.25) is 5.10 Å². The number of nitrogens with one attached hydrogen (secondary N) is 2. The van der Waals surface area contributed by atoms with E-state index in [9.17, 15) is 0 Å². The lowest BCUT2D eigenvalue weighted by Gasteiger charge is -2.08. The van der Waals surface area contributed by atoms with E-state index < -0.39 is 0 Å². The molecular weight excluding hydrogens is 234 g/mol. The minimum atomic E-state index is 0.566. The number of nitrogens with zero attached hydrogens (tertiary/aromatic N) is 1. The van der Waals surface area contributed by atoms with E-state index in [0.717, 1.165) is 24.5 Å². The summed E-state index contributed by atoms with van der Waals surface area (Å²) >= 11 is 0. The molecular formula is C16H23N3. The van der Waals surface area contributed by atoms with Crippen molar-refractivity contribution in [3.63, 3.8) is 0 Å². The predicted octanol–water partition coefficient (Wildman–Crippen LogP) is 3.62. The van der Waals surface area contributed by atoms with Crippen LogP contribution in [0.5, 0.6) is 0 Å². The van der Waals surface area contributed by atoms with Crippen molar-refractivity contribution in [2.75, 3.05) is 6.54 Å². The smallest absolute Gasteiger partial charge is 0.0968 e. The van der Waals surface area contributed by atoms with Crippen LogP contribution in [0.4, 0.5) is 0 Å². The Balaban J connectivity index is 2.30. The Bertz CT molecular complexity index is 523. The van der Waals surface area contributed by atoms with Crippen molar-refractivity contribution >= 4 is 0 Å². The molecule has 2 N–H and O–H groups in total. The molecule has 0 atom stereocenters. The molecule has 0 spiro atoms. The number of aromatic amines is 1. The molecule has 0 bridgehead atoms. The fraction of sp³-hybridized carbons (Fsp3) is 0.438. The predicted molar refractivity (Wildman–Crippen MR) is 80.2 cm³/mol. The van der Waals surface area contributed by atoms with Crippen molar-refractivity contribution in [1.29, 1.82) is 0 Å². The summed E-state index contributed by atoms with van der Waals surface area (Å²) in [6, 6.07) is 8.73. The van der Waals surface area contributed by atoms with E-state index >= 15 is 0 Å². The average Bonchev–Trinajstić information content (AvgIpc) is 2.78. The van der Waals surface area contributed by atoms with Gasteiger partial charge in [-0.05, 0) is 24.9 Å². The van der Waals surface area contributed by atoms with Crippen LogP contribution in [0, 0.1) is 6.92 Å². The van der Waals surface area contributed by atoms with Crippen molar-refractivity contribution in [2.45, 2.75) is 40.2 Å². The molecule has 0 amide bonds. The average molecular weight is 257 g/mol. The van der Waals surface area contributed by atoms with Gasteiger partial charge in [-0.2, -0.15) is 5.10 Å². The fourth-order valence-corrected chi connectivity index (χ4v) is 2.18. The normalized spacial score (nSPS) is 11.2. The van der Waals surface area contributed by atoms with Crippen LogP contribution >= 0.6 is 0 Å². The third kappa shape index (κ3) is 3.04. The maximum absolute atomic E-state index is 4.45. The molecule has 2 rings (SSSR count). The second kappa shape index (κ2) is 6.02. The van der Waals surface area contributed by atoms with Gasteiger partial charge in [-0.25, -0.2) is 0 Å². The van der Waals surface area contributed by atoms with E-state index in [4.69, 9.17) is 0 Å². The molecule has 0 saturated carbocycles. The summed E-state index contributed by atoms with van der Waals surface area (Å²) in [7, 11) is 0. The molecule has 1 aromatic heterocycles. The maximum atomic E-state index is 4.45. The molecule has 0 aliphatic rings. The molecule has 0 radical (unpaired) electrons. The summed E-state index contributed by atoms with van der Waals surface area (Å²) in [6.07, 6.45) is 0. The molecule has 1 aromatic carbocycles. The quantitative estimate of drug-likeness (QED) is 0.859. The van der Waals surface area contributed by atoms with Crippen molar-refractivity contribution in [2.24, 2.45) is 0 Å². The zero-order valence-electron chi connectivity index (χ0n) is 12.2. The van der Waals surface area contributed by atoms with Crippen molar-refractivity contribution in [1.82, 2.24) is 15.5 Å². The Morgan fingerprint density at radius 2 is 1.89 bits per heavy atom. The van der Waals surface area contributed by atoms with Gasteiger partial charge in [0, 0.05) is 23.4 Å². The Hall–Kier alpha value is -1.61. The van der Waals surface area contributed by atoms with E-state index in [1.165, 1.54) is 16.7 Å². The van der Waals surface area contributed by atoms with Gasteiger partial charge in [0.2, 0.25) is 0 Å². The molecule has 1 heterocycles. The highest BCUT2D eigenvalue weighted by Crippen LogP contribution is 2.25. The van der Waals surface area contributed by atoms with Gasteiger partial charge in [-0.1, -0.05) is 45.0 Å². The second-order valence-corrected chi connectivity index (χ2v) is 5.23. The first-order chi connectivity index (χ1) is 9.13. The lowest BCUT2D eigenvalue weighted by molar-refractivity contribution is 0.725. The summed E-state index contributed by atoms with van der Waals surface area (Å²) < 4.78 is 0. The monoisotopic (exact) mass is 257 g/mol. The van der Waals surface area contributed by atoms with E-state index in [0.29, 0.717) is 5.92 Å². The number of hydrogen-bond acceptors (Lipinski definition) is 2. The van der Waals surface area contributed by atoms with Gasteiger partial charge < -0.3 is 5.32 Å². The zero-order chi connectivity index (χ0) is 13.8. The summed E-state index contributed by atoms with van der Waals surface area (Å²) in [4.78, 5) is 0. The van der Waals surface area contributed by atoms with Gasteiger partial charge in [0.25, 0.3) is 0 Å². The van der Waals surface area contributed by atoms with Crippen LogP contribution < -0.4 is 5.32 Å². The van der Waals surface area contributed by atoms with E-state index in [1.807, 2.05) is 0 Å². The number of hydrogen-bond donors (Lipinski definition) is 2. The number of aromatic nitrogens is 2. The summed E-state index contributed by atoms with van der Waals surface area (Å²) in [5.41, 5.74) is 6.02. The molecule has 102 valence electrons. The van der Waals surface area contributed by atoms with Crippen molar-refractivity contribution in [3.8, 4) is 11.3 Å². The Labute approximate surface area is 115 Å². The number of aryl methyl sites for hydroxylation is 1. The Morgan fingerprint density at radius 3 is 2.47 bits per heavy atom. The number of rotatable bonds is 5. The van der Waals surface area contributed by atoms with Gasteiger partial charge in [0.15, 0.2) is 0 Å². The topological polar surface area (TPSA) is 40.7 Å². The minimum Gasteiger partial charge on any atom is -0.313 e. The van der Waals surface area contributed by atoms with E-state index in [-0.39, 0.29) is 0 Å². The zero-order valence-corrected chi connectivity index (χ0v) is 12.2. The van der Waals surface area contributed by atoms with Crippen LogP contribution in [0.1, 0.15) is 43.5 Å². The van der Waals surface area contributed by atoms with Crippen LogP contribution in [0.3, 0.4) is 0 Å². The molecule has 2 aromatic rings. The van der Waals surface area contributed by atoms with Gasteiger partial charge in [0.1, 0.15) is 0 Å². The Kier molecular flexibility index (Phi) is 4.38. The number of H-pyrrole nitrogens is 1. The SMILES string of the molecule is CCNCc1c(-c2ccc(C(C)C)cc2)n[nH]c1C. The first-order valence-corrected chi connectivity index (χ1v) is 6.98. The highest BCUT2D eigenvalue weighted by molar-refractivity contribution is 5.64. The van der Waals surface area contributed by atoms with Gasteiger partial charge >= 0.3 is 0 Å². The first kappa shape index (κ1) is 13.8. The Morgan fingerprint density at radius 1 is 1.21 bits per heavy atom. The molecule has 0 aliphatic carbocycles. The molecule has 3 heteroatoms. The largest absolute Gasteiger partial charge is 0.313 e. The fourth-order valence-electron chi connectivity index (χ4n) is 2.18. The lowest BCUT2D eigenvalue weighted by Crippen LogP contribution is -2.12. The van der Waals surface area contributed by atoms with Crippen LogP contribution in [-0.2, 0) is 6.54 Å². The van der Waals surface area contributed by atoms with Gasteiger partial charge in [-0.15, -0.1) is 0 Å². The number of benzene rings is 1. The highest BCUT2D eigenvalue weighted by Gasteiger charge is 2.11. The van der Waals surface area contributed by atoms with Crippen LogP contribution in [-0.4, -0.2) is 16.7 Å². The van der Waals surface area contributed by atoms with Crippen LogP contribution in [0.2, 0.25) is 0 Å². The van der Waals surface area contributed by atoms with Gasteiger partial charge in [0.05, 0.1) is 5.69 Å². The van der Waals surface area contributed by atoms with E-state index in [2.05, 4.69) is 67.5 Å². The van der Waals surface area contributed by atoms with E-state index in [1.54, 1.807) is 0 Å². The van der Waals surface area contributed by atoms with Crippen molar-refractivity contribution < 1.29 is 0 Å². The first-order valence-electron chi connectivity index (χ1n) is 6.98. The third-order valence-corrected chi connectivity index (χ3v) is 3.48. The summed E-state index contributed by atoms with van der Waals surface area (Å²) in [5, 5.41) is 10.9. The molecule has 0 aliphatic heterocycles. The van der Waals surface area contributed by atoms with Crippen molar-refractivity contribution in [3.05, 3.63) is 41.1 Å². The molecule has 3 nitrogen and oxygen atoms in total. The highest BCUT2D eigenvalue weighted by atomic mass is 15.1. The van der Waals surface area contributed by atoms with Crippen LogP contribution in [0.25, 0.3) is 11.3 Å².